The van der Waals surface area contributed by atoms with Crippen LogP contribution in [0.5, 0.6) is 0 Å². The molecule has 0 spiro atoms. The molecule has 1 amide bonds. The van der Waals surface area contributed by atoms with E-state index in [-0.39, 0.29) is 17.5 Å². The lowest BCUT2D eigenvalue weighted by molar-refractivity contribution is 0.0947. The van der Waals surface area contributed by atoms with Crippen LogP contribution in [0.2, 0.25) is 0 Å². The quantitative estimate of drug-likeness (QED) is 0.875. The van der Waals surface area contributed by atoms with E-state index in [9.17, 15) is 13.2 Å². The van der Waals surface area contributed by atoms with Crippen LogP contribution in [0.3, 0.4) is 0 Å². The molecule has 5 nitrogen and oxygen atoms in total. The van der Waals surface area contributed by atoms with E-state index in [1.807, 2.05) is 12.1 Å². The molecule has 1 aromatic rings. The van der Waals surface area contributed by atoms with Crippen LogP contribution < -0.4 is 10.6 Å². The first kappa shape index (κ1) is 18.5. The summed E-state index contributed by atoms with van der Waals surface area (Å²) in [4.78, 5) is 12.6. The van der Waals surface area contributed by atoms with Gasteiger partial charge in [0.2, 0.25) is 0 Å². The summed E-state index contributed by atoms with van der Waals surface area (Å²) in [7, 11) is -3.20. The highest BCUT2D eigenvalue weighted by molar-refractivity contribution is 7.93. The number of hydrogen-bond acceptors (Lipinski definition) is 4. The fourth-order valence-corrected chi connectivity index (χ4v) is 3.69. The van der Waals surface area contributed by atoms with Crippen molar-refractivity contribution in [3.63, 3.8) is 0 Å². The Labute approximate surface area is 144 Å². The molecule has 0 radical (unpaired) electrons. The van der Waals surface area contributed by atoms with E-state index in [1.165, 1.54) is 6.08 Å². The van der Waals surface area contributed by atoms with E-state index in [2.05, 4.69) is 31.4 Å². The van der Waals surface area contributed by atoms with Crippen molar-refractivity contribution in [2.45, 2.75) is 51.6 Å². The average molecular weight is 350 g/mol. The maximum atomic E-state index is 12.6. The van der Waals surface area contributed by atoms with Gasteiger partial charge < -0.3 is 10.6 Å². The number of carbonyl (C=O) groups is 1. The summed E-state index contributed by atoms with van der Waals surface area (Å²) in [6.45, 7) is 8.16. The van der Waals surface area contributed by atoms with Crippen molar-refractivity contribution in [1.82, 2.24) is 5.32 Å². The van der Waals surface area contributed by atoms with Crippen molar-refractivity contribution in [2.24, 2.45) is 0 Å². The normalized spacial score (nSPS) is 21.0. The standard InChI is InChI=1S/C18H26N2O3S/c1-12-11-18(3,4)20-16-14(12)7-6-8-15(16)17(21)19-13(2)9-10-24(5,22)23/h6-10,12-13,20H,11H2,1-5H3,(H,19,21)/b10-9+/t12-,13+/m1/s1. The first-order valence-corrected chi connectivity index (χ1v) is 10.0. The molecule has 24 heavy (non-hydrogen) atoms. The monoisotopic (exact) mass is 350 g/mol. The van der Waals surface area contributed by atoms with E-state index in [4.69, 9.17) is 0 Å². The zero-order valence-electron chi connectivity index (χ0n) is 14.9. The Morgan fingerprint density at radius 2 is 2.08 bits per heavy atom. The smallest absolute Gasteiger partial charge is 0.253 e. The van der Waals surface area contributed by atoms with Gasteiger partial charge in [-0.15, -0.1) is 0 Å². The lowest BCUT2D eigenvalue weighted by atomic mass is 9.81. The van der Waals surface area contributed by atoms with Crippen molar-refractivity contribution in [3.05, 3.63) is 40.8 Å². The van der Waals surface area contributed by atoms with Crippen LogP contribution >= 0.6 is 0 Å². The molecule has 0 bridgehead atoms. The first-order valence-electron chi connectivity index (χ1n) is 8.09. The summed E-state index contributed by atoms with van der Waals surface area (Å²) in [6.07, 6.45) is 3.60. The van der Waals surface area contributed by atoms with Gasteiger partial charge in [0.25, 0.3) is 5.91 Å². The lowest BCUT2D eigenvalue weighted by Crippen LogP contribution is -2.39. The Bertz CT molecular complexity index is 766. The number of nitrogens with one attached hydrogen (secondary N) is 2. The molecule has 132 valence electrons. The Kier molecular flexibility index (Phi) is 5.08. The van der Waals surface area contributed by atoms with Gasteiger partial charge in [0.15, 0.2) is 9.84 Å². The number of sulfone groups is 1. The lowest BCUT2D eigenvalue weighted by Gasteiger charge is -2.38. The molecule has 0 fully saturated rings. The van der Waals surface area contributed by atoms with Gasteiger partial charge in [0, 0.05) is 23.2 Å². The second kappa shape index (κ2) is 6.59. The molecule has 0 aliphatic carbocycles. The molecule has 2 rings (SSSR count). The number of benzene rings is 1. The van der Waals surface area contributed by atoms with Crippen molar-refractivity contribution >= 4 is 21.4 Å². The third-order valence-corrected chi connectivity index (χ3v) is 4.78. The van der Waals surface area contributed by atoms with Crippen molar-refractivity contribution in [2.75, 3.05) is 11.6 Å². The fourth-order valence-electron chi connectivity index (χ4n) is 3.17. The molecule has 0 aromatic heterocycles. The highest BCUT2D eigenvalue weighted by atomic mass is 32.2. The number of para-hydroxylation sites is 1. The fraction of sp³-hybridized carbons (Fsp3) is 0.500. The van der Waals surface area contributed by atoms with Gasteiger partial charge in [-0.05, 0) is 44.7 Å². The second-order valence-electron chi connectivity index (χ2n) is 7.30. The Balaban J connectivity index is 2.25. The number of amides is 1. The highest BCUT2D eigenvalue weighted by Gasteiger charge is 2.31. The molecule has 1 aliphatic rings. The predicted octanol–water partition coefficient (Wildman–Crippen LogP) is 3.06. The van der Waals surface area contributed by atoms with Crippen LogP contribution in [0.15, 0.2) is 29.7 Å². The Morgan fingerprint density at radius 1 is 1.42 bits per heavy atom. The van der Waals surface area contributed by atoms with Gasteiger partial charge >= 0.3 is 0 Å². The summed E-state index contributed by atoms with van der Waals surface area (Å²) in [5, 5.41) is 7.41. The van der Waals surface area contributed by atoms with E-state index >= 15 is 0 Å². The maximum absolute atomic E-state index is 12.6. The molecule has 6 heteroatoms. The molecule has 2 N–H and O–H groups in total. The molecular weight excluding hydrogens is 324 g/mol. The summed E-state index contributed by atoms with van der Waals surface area (Å²) >= 11 is 0. The van der Waals surface area contributed by atoms with Crippen LogP contribution in [0.4, 0.5) is 5.69 Å². The topological polar surface area (TPSA) is 75.3 Å². The Morgan fingerprint density at radius 3 is 2.71 bits per heavy atom. The van der Waals surface area contributed by atoms with Crippen molar-refractivity contribution in [1.29, 1.82) is 0 Å². The van der Waals surface area contributed by atoms with Gasteiger partial charge in [0.05, 0.1) is 11.3 Å². The number of fused-ring (bicyclic) bond motifs is 1. The second-order valence-corrected chi connectivity index (χ2v) is 9.24. The molecule has 0 unspecified atom stereocenters. The van der Waals surface area contributed by atoms with Crippen LogP contribution in [0.1, 0.15) is 56.0 Å². The van der Waals surface area contributed by atoms with E-state index in [1.54, 1.807) is 13.0 Å². The van der Waals surface area contributed by atoms with E-state index in [0.717, 1.165) is 29.3 Å². The van der Waals surface area contributed by atoms with E-state index in [0.29, 0.717) is 11.5 Å². The number of carbonyl (C=O) groups excluding carboxylic acids is 1. The van der Waals surface area contributed by atoms with Gasteiger partial charge in [-0.25, -0.2) is 8.42 Å². The molecule has 1 aliphatic heterocycles. The molecule has 1 aromatic carbocycles. The van der Waals surface area contributed by atoms with Gasteiger partial charge in [0.1, 0.15) is 0 Å². The van der Waals surface area contributed by atoms with Gasteiger partial charge in [-0.1, -0.05) is 25.1 Å². The predicted molar refractivity (Wildman–Crippen MR) is 98.1 cm³/mol. The zero-order valence-corrected chi connectivity index (χ0v) is 15.7. The van der Waals surface area contributed by atoms with Gasteiger partial charge in [-0.2, -0.15) is 0 Å². The van der Waals surface area contributed by atoms with Crippen LogP contribution in [-0.2, 0) is 9.84 Å². The van der Waals surface area contributed by atoms with Crippen molar-refractivity contribution in [3.8, 4) is 0 Å². The SMILES string of the molecule is C[C@@H]1CC(C)(C)Nc2c(C(=O)N[C@@H](C)/C=C/S(C)(=O)=O)cccc21. The van der Waals surface area contributed by atoms with Crippen LogP contribution in [-0.4, -0.2) is 32.2 Å². The molecule has 1 heterocycles. The van der Waals surface area contributed by atoms with Crippen LogP contribution in [0, 0.1) is 0 Å². The van der Waals surface area contributed by atoms with E-state index < -0.39 is 9.84 Å². The third-order valence-electron chi connectivity index (χ3n) is 4.13. The van der Waals surface area contributed by atoms with Gasteiger partial charge in [-0.3, -0.25) is 4.79 Å². The molecule has 0 saturated carbocycles. The maximum Gasteiger partial charge on any atom is 0.253 e. The van der Waals surface area contributed by atoms with Crippen LogP contribution in [0.25, 0.3) is 0 Å². The Hall–Kier alpha value is -1.82. The molecule has 2 atom stereocenters. The minimum Gasteiger partial charge on any atom is -0.379 e. The minimum atomic E-state index is -3.20. The average Bonchev–Trinajstić information content (AvgIpc) is 2.42. The summed E-state index contributed by atoms with van der Waals surface area (Å²) < 4.78 is 22.4. The first-order chi connectivity index (χ1) is 11.0. The minimum absolute atomic E-state index is 0.0788. The highest BCUT2D eigenvalue weighted by Crippen LogP contribution is 2.40. The number of hydrogen-bond donors (Lipinski definition) is 2. The largest absolute Gasteiger partial charge is 0.379 e. The number of rotatable bonds is 4. The third kappa shape index (κ3) is 4.60. The molecule has 0 saturated heterocycles. The zero-order chi connectivity index (χ0) is 18.1. The summed E-state index contributed by atoms with van der Waals surface area (Å²) in [6, 6.07) is 5.35. The number of anilines is 1. The molecular formula is C18H26N2O3S. The summed E-state index contributed by atoms with van der Waals surface area (Å²) in [5.41, 5.74) is 2.52. The summed E-state index contributed by atoms with van der Waals surface area (Å²) in [5.74, 6) is 0.154. The van der Waals surface area contributed by atoms with Crippen molar-refractivity contribution < 1.29 is 13.2 Å².